The van der Waals surface area contributed by atoms with E-state index in [1.807, 2.05) is 0 Å². The van der Waals surface area contributed by atoms with Crippen LogP contribution in [0.5, 0.6) is 0 Å². The van der Waals surface area contributed by atoms with Crippen molar-refractivity contribution in [3.05, 3.63) is 59.7 Å². The molecule has 2 aromatic heterocycles. The van der Waals surface area contributed by atoms with Gasteiger partial charge in [-0.25, -0.2) is 13.2 Å². The number of anilines is 1. The molecule has 1 aliphatic rings. The molecule has 0 saturated carbocycles. The lowest BCUT2D eigenvalue weighted by molar-refractivity contribution is 0.0429. The van der Waals surface area contributed by atoms with E-state index in [1.165, 1.54) is 4.31 Å². The number of nitrogens with zero attached hydrogens (tertiary/aromatic N) is 4. The van der Waals surface area contributed by atoms with Crippen LogP contribution in [0.4, 0.5) is 5.69 Å². The molecule has 0 atom stereocenters. The van der Waals surface area contributed by atoms with Crippen molar-refractivity contribution in [3.8, 4) is 11.4 Å². The lowest BCUT2D eigenvalue weighted by Gasteiger charge is -2.16. The van der Waals surface area contributed by atoms with Crippen molar-refractivity contribution in [3.63, 3.8) is 0 Å². The van der Waals surface area contributed by atoms with Crippen molar-refractivity contribution in [1.29, 1.82) is 0 Å². The van der Waals surface area contributed by atoms with Crippen LogP contribution in [0.3, 0.4) is 0 Å². The Hall–Kier alpha value is -3.27. The number of carbonyl (C=O) groups is 1. The summed E-state index contributed by atoms with van der Waals surface area (Å²) in [5.41, 5.74) is 2.41. The first-order valence-corrected chi connectivity index (χ1v) is 10.3. The molecule has 0 amide bonds. The zero-order valence-electron chi connectivity index (χ0n) is 14.9. The van der Waals surface area contributed by atoms with Crippen molar-refractivity contribution < 1.29 is 22.5 Å². The second-order valence-electron chi connectivity index (χ2n) is 6.26. The molecule has 0 bridgehead atoms. The Labute approximate surface area is 161 Å². The number of hydrogen-bond acceptors (Lipinski definition) is 8. The Kier molecular flexibility index (Phi) is 4.55. The second-order valence-corrected chi connectivity index (χ2v) is 8.16. The summed E-state index contributed by atoms with van der Waals surface area (Å²) in [5.74, 6) is -0.0316. The highest BCUT2D eigenvalue weighted by Crippen LogP contribution is 2.31. The van der Waals surface area contributed by atoms with Crippen molar-refractivity contribution in [2.45, 2.75) is 13.0 Å². The second kappa shape index (κ2) is 7.04. The molecule has 3 heterocycles. The standard InChI is InChI=1S/C18H16N4O5S/c1-28(24,25)22-8-6-12-9-13(4-5-15(12)22)18(23)26-11-16-20-17(21-27-16)14-3-2-7-19-10-14/h2-5,7,9-10H,6,8,11H2,1H3. The third-order valence-corrected chi connectivity index (χ3v) is 5.46. The Morgan fingerprint density at radius 1 is 1.32 bits per heavy atom. The molecule has 1 aromatic carbocycles. The normalized spacial score (nSPS) is 13.4. The highest BCUT2D eigenvalue weighted by atomic mass is 32.2. The van der Waals surface area contributed by atoms with Crippen LogP contribution >= 0.6 is 0 Å². The first-order chi connectivity index (χ1) is 13.4. The number of fused-ring (bicyclic) bond motifs is 1. The van der Waals surface area contributed by atoms with Gasteiger partial charge in [0.2, 0.25) is 15.8 Å². The molecule has 0 spiro atoms. The van der Waals surface area contributed by atoms with E-state index in [1.54, 1.807) is 42.7 Å². The monoisotopic (exact) mass is 400 g/mol. The van der Waals surface area contributed by atoms with Crippen LogP contribution in [0.15, 0.2) is 47.2 Å². The molecule has 0 N–H and O–H groups in total. The van der Waals surface area contributed by atoms with Gasteiger partial charge < -0.3 is 9.26 Å². The summed E-state index contributed by atoms with van der Waals surface area (Å²) in [5, 5.41) is 3.84. The van der Waals surface area contributed by atoms with Gasteiger partial charge in [-0.05, 0) is 42.3 Å². The largest absolute Gasteiger partial charge is 0.452 e. The van der Waals surface area contributed by atoms with E-state index in [9.17, 15) is 13.2 Å². The van der Waals surface area contributed by atoms with E-state index >= 15 is 0 Å². The predicted molar refractivity (Wildman–Crippen MR) is 99.0 cm³/mol. The smallest absolute Gasteiger partial charge is 0.338 e. The summed E-state index contributed by atoms with van der Waals surface area (Å²) in [4.78, 5) is 20.5. The maximum absolute atomic E-state index is 12.3. The summed E-state index contributed by atoms with van der Waals surface area (Å²) in [6.07, 6.45) is 4.94. The van der Waals surface area contributed by atoms with Crippen molar-refractivity contribution in [1.82, 2.24) is 15.1 Å². The van der Waals surface area contributed by atoms with Gasteiger partial charge in [-0.2, -0.15) is 4.98 Å². The van der Waals surface area contributed by atoms with E-state index in [4.69, 9.17) is 9.26 Å². The number of esters is 1. The number of benzene rings is 1. The van der Waals surface area contributed by atoms with Crippen molar-refractivity contribution in [2.75, 3.05) is 17.1 Å². The molecule has 0 saturated heterocycles. The van der Waals surface area contributed by atoms with Gasteiger partial charge in [0.05, 0.1) is 17.5 Å². The number of sulfonamides is 1. The van der Waals surface area contributed by atoms with Crippen molar-refractivity contribution >= 4 is 21.7 Å². The Morgan fingerprint density at radius 2 is 2.18 bits per heavy atom. The molecule has 3 aromatic rings. The average molecular weight is 400 g/mol. The molecule has 10 heteroatoms. The van der Waals surface area contributed by atoms with E-state index in [0.29, 0.717) is 35.6 Å². The fourth-order valence-corrected chi connectivity index (χ4v) is 3.94. The number of aromatic nitrogens is 3. The molecule has 0 aliphatic carbocycles. The predicted octanol–water partition coefficient (Wildman–Crippen LogP) is 1.81. The van der Waals surface area contributed by atoms with Gasteiger partial charge in [-0.3, -0.25) is 9.29 Å². The Balaban J connectivity index is 1.43. The number of hydrogen-bond donors (Lipinski definition) is 0. The van der Waals surface area contributed by atoms with E-state index < -0.39 is 16.0 Å². The zero-order chi connectivity index (χ0) is 19.7. The molecule has 144 valence electrons. The summed E-state index contributed by atoms with van der Waals surface area (Å²) >= 11 is 0. The zero-order valence-corrected chi connectivity index (χ0v) is 15.7. The number of rotatable bonds is 5. The first kappa shape index (κ1) is 18.1. The van der Waals surface area contributed by atoms with E-state index in [0.717, 1.165) is 11.8 Å². The summed E-state index contributed by atoms with van der Waals surface area (Å²) in [7, 11) is -3.33. The number of pyridine rings is 1. The molecule has 1 aliphatic heterocycles. The van der Waals surface area contributed by atoms with Gasteiger partial charge in [-0.1, -0.05) is 5.16 Å². The van der Waals surface area contributed by atoms with Crippen LogP contribution in [0, 0.1) is 0 Å². The van der Waals surface area contributed by atoms with Crippen LogP contribution in [0.1, 0.15) is 21.8 Å². The van der Waals surface area contributed by atoms with Gasteiger partial charge in [-0.15, -0.1) is 0 Å². The summed E-state index contributed by atoms with van der Waals surface area (Å²) in [6, 6.07) is 8.35. The maximum atomic E-state index is 12.3. The van der Waals surface area contributed by atoms with Crippen LogP contribution in [-0.4, -0.2) is 42.3 Å². The molecule has 4 rings (SSSR count). The molecular formula is C18H16N4O5S. The van der Waals surface area contributed by atoms with Crippen LogP contribution < -0.4 is 4.31 Å². The van der Waals surface area contributed by atoms with Gasteiger partial charge in [0, 0.05) is 24.5 Å². The first-order valence-electron chi connectivity index (χ1n) is 8.42. The lowest BCUT2D eigenvalue weighted by Crippen LogP contribution is -2.27. The minimum atomic E-state index is -3.33. The SMILES string of the molecule is CS(=O)(=O)N1CCc2cc(C(=O)OCc3nc(-c4cccnc4)no3)ccc21. The third kappa shape index (κ3) is 3.58. The number of ether oxygens (including phenoxy) is 1. The molecule has 9 nitrogen and oxygen atoms in total. The Morgan fingerprint density at radius 3 is 2.93 bits per heavy atom. The van der Waals surface area contributed by atoms with Crippen LogP contribution in [0.25, 0.3) is 11.4 Å². The Bertz CT molecular complexity index is 1130. The number of carbonyl (C=O) groups excluding carboxylic acids is 1. The van der Waals surface area contributed by atoms with Crippen molar-refractivity contribution in [2.24, 2.45) is 0 Å². The molecule has 0 radical (unpaired) electrons. The van der Waals surface area contributed by atoms with Gasteiger partial charge >= 0.3 is 5.97 Å². The minimum Gasteiger partial charge on any atom is -0.452 e. The molecule has 28 heavy (non-hydrogen) atoms. The molecule has 0 unspecified atom stereocenters. The van der Waals surface area contributed by atoms with Gasteiger partial charge in [0.25, 0.3) is 5.89 Å². The van der Waals surface area contributed by atoms with Crippen LogP contribution in [-0.2, 0) is 27.8 Å². The highest BCUT2D eigenvalue weighted by molar-refractivity contribution is 7.92. The molecular weight excluding hydrogens is 384 g/mol. The quantitative estimate of drug-likeness (QED) is 0.596. The molecule has 0 fully saturated rings. The topological polar surface area (TPSA) is 115 Å². The van der Waals surface area contributed by atoms with Gasteiger partial charge in [0.15, 0.2) is 6.61 Å². The fraction of sp³-hybridized carbons (Fsp3) is 0.222. The maximum Gasteiger partial charge on any atom is 0.338 e. The lowest BCUT2D eigenvalue weighted by atomic mass is 10.1. The van der Waals surface area contributed by atoms with E-state index in [2.05, 4.69) is 15.1 Å². The highest BCUT2D eigenvalue weighted by Gasteiger charge is 2.27. The summed E-state index contributed by atoms with van der Waals surface area (Å²) < 4.78 is 35.2. The summed E-state index contributed by atoms with van der Waals surface area (Å²) in [6.45, 7) is 0.199. The third-order valence-electron chi connectivity index (χ3n) is 4.28. The van der Waals surface area contributed by atoms with Gasteiger partial charge in [0.1, 0.15) is 0 Å². The fourth-order valence-electron chi connectivity index (χ4n) is 2.98. The van der Waals surface area contributed by atoms with E-state index in [-0.39, 0.29) is 12.5 Å². The minimum absolute atomic E-state index is 0.164. The van der Waals surface area contributed by atoms with Crippen LogP contribution in [0.2, 0.25) is 0 Å². The average Bonchev–Trinajstić information content (AvgIpc) is 3.33.